The molecular weight excluding hydrogens is 437 g/mol. The van der Waals surface area contributed by atoms with Gasteiger partial charge in [-0.2, -0.15) is 13.2 Å². The van der Waals surface area contributed by atoms with Crippen LogP contribution >= 0.6 is 0 Å². The standard InChI is InChI=1S/C23H23F3N4O3/c1-3-33-21(31)15-8-9-17-16(14-15)20(28-22(27-17)23(24,25)26)30-12-10-29(11-13-30)18-6-4-5-7-19(18)32-2/h4-9,14H,3,10-13H2,1-2H3. The average molecular weight is 460 g/mol. The van der Waals surface area contributed by atoms with Crippen LogP contribution in [-0.4, -0.2) is 55.8 Å². The highest BCUT2D eigenvalue weighted by Gasteiger charge is 2.36. The lowest BCUT2D eigenvalue weighted by atomic mass is 10.1. The van der Waals surface area contributed by atoms with Crippen molar-refractivity contribution in [1.82, 2.24) is 9.97 Å². The van der Waals surface area contributed by atoms with Crippen molar-refractivity contribution in [1.29, 1.82) is 0 Å². The first-order chi connectivity index (χ1) is 15.8. The van der Waals surface area contributed by atoms with Crippen molar-refractivity contribution in [3.8, 4) is 5.75 Å². The molecule has 10 heteroatoms. The quantitative estimate of drug-likeness (QED) is 0.530. The van der Waals surface area contributed by atoms with E-state index in [2.05, 4.69) is 14.9 Å². The van der Waals surface area contributed by atoms with Crippen molar-refractivity contribution in [3.05, 3.63) is 53.9 Å². The molecule has 1 aliphatic heterocycles. The Kier molecular flexibility index (Phi) is 6.26. The number of piperazine rings is 1. The lowest BCUT2D eigenvalue weighted by Crippen LogP contribution is -2.47. The molecule has 7 nitrogen and oxygen atoms in total. The van der Waals surface area contributed by atoms with E-state index in [0.29, 0.717) is 31.6 Å². The summed E-state index contributed by atoms with van der Waals surface area (Å²) in [6, 6.07) is 11.9. The van der Waals surface area contributed by atoms with Crippen LogP contribution in [0.1, 0.15) is 23.1 Å². The predicted molar refractivity (Wildman–Crippen MR) is 118 cm³/mol. The fourth-order valence-electron chi connectivity index (χ4n) is 3.87. The fraction of sp³-hybridized carbons (Fsp3) is 0.348. The third kappa shape index (κ3) is 4.64. The summed E-state index contributed by atoms with van der Waals surface area (Å²) in [4.78, 5) is 23.7. The number of para-hydroxylation sites is 2. The Morgan fingerprint density at radius 2 is 1.73 bits per heavy atom. The molecule has 1 aromatic heterocycles. The molecule has 4 rings (SSSR count). The second-order valence-electron chi connectivity index (χ2n) is 7.47. The second-order valence-corrected chi connectivity index (χ2v) is 7.47. The highest BCUT2D eigenvalue weighted by Crippen LogP contribution is 2.34. The van der Waals surface area contributed by atoms with Gasteiger partial charge in [-0.15, -0.1) is 0 Å². The molecule has 0 saturated carbocycles. The van der Waals surface area contributed by atoms with Gasteiger partial charge in [-0.05, 0) is 37.3 Å². The van der Waals surface area contributed by atoms with Crippen LogP contribution in [0, 0.1) is 0 Å². The van der Waals surface area contributed by atoms with Crippen LogP contribution in [0.25, 0.3) is 10.9 Å². The van der Waals surface area contributed by atoms with Gasteiger partial charge >= 0.3 is 12.1 Å². The Labute approximate surface area is 188 Å². The molecule has 3 aromatic rings. The number of hydrogen-bond donors (Lipinski definition) is 0. The van der Waals surface area contributed by atoms with E-state index in [1.165, 1.54) is 18.2 Å². The minimum Gasteiger partial charge on any atom is -0.495 e. The van der Waals surface area contributed by atoms with Gasteiger partial charge in [-0.1, -0.05) is 12.1 Å². The molecule has 0 amide bonds. The van der Waals surface area contributed by atoms with E-state index in [-0.39, 0.29) is 23.5 Å². The number of rotatable bonds is 5. The number of carbonyl (C=O) groups is 1. The van der Waals surface area contributed by atoms with Gasteiger partial charge in [0.2, 0.25) is 5.82 Å². The molecule has 1 fully saturated rings. The molecule has 0 spiro atoms. The number of aromatic nitrogens is 2. The van der Waals surface area contributed by atoms with Crippen LogP contribution in [0.15, 0.2) is 42.5 Å². The molecular formula is C23H23F3N4O3. The maximum Gasteiger partial charge on any atom is 0.451 e. The number of ether oxygens (including phenoxy) is 2. The molecule has 0 atom stereocenters. The summed E-state index contributed by atoms with van der Waals surface area (Å²) < 4.78 is 51.0. The number of esters is 1. The fourth-order valence-corrected chi connectivity index (χ4v) is 3.87. The SMILES string of the molecule is CCOC(=O)c1ccc2nc(C(F)(F)F)nc(N3CCN(c4ccccc4OC)CC3)c2c1. The zero-order valence-corrected chi connectivity index (χ0v) is 18.2. The number of nitrogens with zero attached hydrogens (tertiary/aromatic N) is 4. The summed E-state index contributed by atoms with van der Waals surface area (Å²) in [6.45, 7) is 3.87. The Hall–Kier alpha value is -3.56. The number of carbonyl (C=O) groups excluding carboxylic acids is 1. The summed E-state index contributed by atoms with van der Waals surface area (Å²) in [6.07, 6.45) is -4.69. The molecule has 0 bridgehead atoms. The van der Waals surface area contributed by atoms with E-state index < -0.39 is 18.0 Å². The maximum absolute atomic E-state index is 13.5. The van der Waals surface area contributed by atoms with E-state index in [1.807, 2.05) is 24.3 Å². The Bertz CT molecular complexity index is 1160. The van der Waals surface area contributed by atoms with Crippen LogP contribution in [0.4, 0.5) is 24.7 Å². The first-order valence-electron chi connectivity index (χ1n) is 10.5. The summed E-state index contributed by atoms with van der Waals surface area (Å²) in [5, 5.41) is 0.374. The van der Waals surface area contributed by atoms with Gasteiger partial charge in [0.1, 0.15) is 11.6 Å². The number of anilines is 2. The minimum absolute atomic E-state index is 0.118. The van der Waals surface area contributed by atoms with Crippen LogP contribution in [0.3, 0.4) is 0 Å². The molecule has 174 valence electrons. The van der Waals surface area contributed by atoms with Gasteiger partial charge < -0.3 is 19.3 Å². The van der Waals surface area contributed by atoms with Gasteiger partial charge in [0.15, 0.2) is 0 Å². The Balaban J connectivity index is 1.69. The number of fused-ring (bicyclic) bond motifs is 1. The van der Waals surface area contributed by atoms with Crippen molar-refractivity contribution >= 4 is 28.4 Å². The average Bonchev–Trinajstić information content (AvgIpc) is 2.82. The van der Waals surface area contributed by atoms with Gasteiger partial charge in [-0.25, -0.2) is 14.8 Å². The highest BCUT2D eigenvalue weighted by atomic mass is 19.4. The summed E-state index contributed by atoms with van der Waals surface area (Å²) in [7, 11) is 1.60. The Morgan fingerprint density at radius 1 is 1.03 bits per heavy atom. The largest absolute Gasteiger partial charge is 0.495 e. The molecule has 0 radical (unpaired) electrons. The first-order valence-corrected chi connectivity index (χ1v) is 10.5. The zero-order valence-electron chi connectivity index (χ0n) is 18.2. The van der Waals surface area contributed by atoms with Crippen molar-refractivity contribution < 1.29 is 27.4 Å². The number of methoxy groups -OCH3 is 1. The van der Waals surface area contributed by atoms with Crippen LogP contribution in [0.5, 0.6) is 5.75 Å². The van der Waals surface area contributed by atoms with Crippen molar-refractivity contribution in [3.63, 3.8) is 0 Å². The van der Waals surface area contributed by atoms with E-state index in [0.717, 1.165) is 11.4 Å². The number of hydrogen-bond acceptors (Lipinski definition) is 7. The zero-order chi connectivity index (χ0) is 23.6. The molecule has 0 unspecified atom stereocenters. The summed E-state index contributed by atoms with van der Waals surface area (Å²) in [5.74, 6) is -0.873. The number of halogens is 3. The third-order valence-corrected chi connectivity index (χ3v) is 5.45. The van der Waals surface area contributed by atoms with E-state index >= 15 is 0 Å². The smallest absolute Gasteiger partial charge is 0.451 e. The lowest BCUT2D eigenvalue weighted by Gasteiger charge is -2.37. The molecule has 1 aliphatic rings. The monoisotopic (exact) mass is 460 g/mol. The van der Waals surface area contributed by atoms with Crippen molar-refractivity contribution in [2.45, 2.75) is 13.1 Å². The number of alkyl halides is 3. The molecule has 0 N–H and O–H groups in total. The van der Waals surface area contributed by atoms with Crippen LogP contribution in [0.2, 0.25) is 0 Å². The van der Waals surface area contributed by atoms with Crippen LogP contribution < -0.4 is 14.5 Å². The molecule has 33 heavy (non-hydrogen) atoms. The van der Waals surface area contributed by atoms with E-state index in [9.17, 15) is 18.0 Å². The molecule has 2 aromatic carbocycles. The maximum atomic E-state index is 13.5. The van der Waals surface area contributed by atoms with Gasteiger partial charge in [0, 0.05) is 31.6 Å². The van der Waals surface area contributed by atoms with Gasteiger partial charge in [0.25, 0.3) is 0 Å². The Morgan fingerprint density at radius 3 is 2.39 bits per heavy atom. The molecule has 0 aliphatic carbocycles. The number of benzene rings is 2. The third-order valence-electron chi connectivity index (χ3n) is 5.45. The predicted octanol–water partition coefficient (Wildman–Crippen LogP) is 4.16. The van der Waals surface area contributed by atoms with Gasteiger partial charge in [0.05, 0.1) is 30.5 Å². The highest BCUT2D eigenvalue weighted by molar-refractivity contribution is 5.98. The topological polar surface area (TPSA) is 67.8 Å². The minimum atomic E-state index is -4.69. The first kappa shape index (κ1) is 22.6. The molecule has 1 saturated heterocycles. The lowest BCUT2D eigenvalue weighted by molar-refractivity contribution is -0.144. The summed E-state index contributed by atoms with van der Waals surface area (Å²) in [5.41, 5.74) is 1.28. The van der Waals surface area contributed by atoms with E-state index in [1.54, 1.807) is 18.9 Å². The van der Waals surface area contributed by atoms with Gasteiger partial charge in [-0.3, -0.25) is 0 Å². The second kappa shape index (κ2) is 9.13. The molecule has 2 heterocycles. The normalized spacial score (nSPS) is 14.5. The summed E-state index contributed by atoms with van der Waals surface area (Å²) >= 11 is 0. The van der Waals surface area contributed by atoms with Crippen molar-refractivity contribution in [2.24, 2.45) is 0 Å². The van der Waals surface area contributed by atoms with Crippen LogP contribution in [-0.2, 0) is 10.9 Å². The van der Waals surface area contributed by atoms with Crippen molar-refractivity contribution in [2.75, 3.05) is 49.7 Å². The van der Waals surface area contributed by atoms with E-state index in [4.69, 9.17) is 9.47 Å².